The van der Waals surface area contributed by atoms with Crippen molar-refractivity contribution in [1.82, 2.24) is 9.88 Å². The van der Waals surface area contributed by atoms with Crippen LogP contribution in [-0.2, 0) is 13.0 Å². The molecule has 0 spiro atoms. The lowest BCUT2D eigenvalue weighted by Gasteiger charge is -2.28. The van der Waals surface area contributed by atoms with Crippen LogP contribution in [0.1, 0.15) is 21.5 Å². The fourth-order valence-electron chi connectivity index (χ4n) is 2.73. The summed E-state index contributed by atoms with van der Waals surface area (Å²) in [4.78, 5) is 18.3. The second-order valence-electron chi connectivity index (χ2n) is 5.42. The maximum Gasteiger partial charge on any atom is 0.255 e. The molecule has 0 fully saturated rings. The molecule has 0 unspecified atom stereocenters. The zero-order chi connectivity index (χ0) is 15.4. The Labute approximate surface area is 129 Å². The van der Waals surface area contributed by atoms with Crippen molar-refractivity contribution in [1.29, 1.82) is 0 Å². The van der Waals surface area contributed by atoms with E-state index >= 15 is 0 Å². The van der Waals surface area contributed by atoms with Gasteiger partial charge < -0.3 is 10.4 Å². The van der Waals surface area contributed by atoms with Gasteiger partial charge in [-0.25, -0.2) is 0 Å². The Hall–Kier alpha value is -2.24. The molecule has 0 radical (unpaired) electrons. The Morgan fingerprint density at radius 2 is 2.05 bits per heavy atom. The van der Waals surface area contributed by atoms with Gasteiger partial charge in [-0.15, -0.1) is 0 Å². The van der Waals surface area contributed by atoms with Gasteiger partial charge in [0.05, 0.1) is 6.61 Å². The largest absolute Gasteiger partial charge is 0.395 e. The number of hydrogen-bond donors (Lipinski definition) is 2. The molecule has 1 aliphatic heterocycles. The Morgan fingerprint density at radius 3 is 2.82 bits per heavy atom. The zero-order valence-electron chi connectivity index (χ0n) is 12.3. The number of β-amino-alcohol motifs (C(OH)–C–C–N with tert-alkyl or cyclic N) is 1. The number of aliphatic hydroxyl groups is 1. The van der Waals surface area contributed by atoms with Crippen LogP contribution in [0, 0.1) is 0 Å². The molecule has 0 bridgehead atoms. The van der Waals surface area contributed by atoms with Gasteiger partial charge in [0.2, 0.25) is 0 Å². The minimum atomic E-state index is -0.134. The van der Waals surface area contributed by atoms with E-state index in [9.17, 15) is 4.79 Å². The van der Waals surface area contributed by atoms with E-state index in [4.69, 9.17) is 5.11 Å². The fourth-order valence-corrected chi connectivity index (χ4v) is 2.73. The smallest absolute Gasteiger partial charge is 0.255 e. The van der Waals surface area contributed by atoms with Crippen molar-refractivity contribution < 1.29 is 9.90 Å². The third kappa shape index (κ3) is 3.32. The summed E-state index contributed by atoms with van der Waals surface area (Å²) in [7, 11) is 0. The van der Waals surface area contributed by atoms with Crippen LogP contribution in [0.3, 0.4) is 0 Å². The van der Waals surface area contributed by atoms with E-state index in [1.165, 1.54) is 11.1 Å². The van der Waals surface area contributed by atoms with Gasteiger partial charge in [-0.1, -0.05) is 6.07 Å². The second kappa shape index (κ2) is 6.68. The van der Waals surface area contributed by atoms with Gasteiger partial charge in [0.25, 0.3) is 5.91 Å². The van der Waals surface area contributed by atoms with E-state index in [-0.39, 0.29) is 12.5 Å². The Morgan fingerprint density at radius 1 is 1.23 bits per heavy atom. The molecule has 0 saturated heterocycles. The first-order valence-corrected chi connectivity index (χ1v) is 7.42. The molecule has 1 aliphatic rings. The van der Waals surface area contributed by atoms with Gasteiger partial charge in [0, 0.05) is 43.3 Å². The summed E-state index contributed by atoms with van der Waals surface area (Å²) >= 11 is 0. The van der Waals surface area contributed by atoms with Crippen LogP contribution in [0.2, 0.25) is 0 Å². The van der Waals surface area contributed by atoms with E-state index < -0.39 is 0 Å². The minimum absolute atomic E-state index is 0.134. The molecule has 0 saturated carbocycles. The van der Waals surface area contributed by atoms with Gasteiger partial charge in [-0.2, -0.15) is 0 Å². The summed E-state index contributed by atoms with van der Waals surface area (Å²) < 4.78 is 0. The van der Waals surface area contributed by atoms with Gasteiger partial charge in [0.1, 0.15) is 0 Å². The van der Waals surface area contributed by atoms with Crippen LogP contribution in [0.25, 0.3) is 0 Å². The maximum absolute atomic E-state index is 12.2. The lowest BCUT2D eigenvalue weighted by molar-refractivity contribution is 0.102. The molecule has 5 nitrogen and oxygen atoms in total. The quantitative estimate of drug-likeness (QED) is 0.901. The van der Waals surface area contributed by atoms with E-state index in [2.05, 4.69) is 21.3 Å². The standard InChI is InChI=1S/C17H19N3O2/c21-10-9-20-8-5-13-1-2-16(11-15(13)12-20)19-17(22)14-3-6-18-7-4-14/h1-4,6-7,11,21H,5,8-10,12H2,(H,19,22). The van der Waals surface area contributed by atoms with E-state index in [1.54, 1.807) is 24.5 Å². The maximum atomic E-state index is 12.2. The van der Waals surface area contributed by atoms with Crippen LogP contribution in [0.15, 0.2) is 42.7 Å². The molecule has 1 aromatic heterocycles. The molecule has 22 heavy (non-hydrogen) atoms. The van der Waals surface area contributed by atoms with Crippen molar-refractivity contribution in [3.05, 3.63) is 59.4 Å². The highest BCUT2D eigenvalue weighted by Crippen LogP contribution is 2.22. The number of amides is 1. The lowest BCUT2D eigenvalue weighted by Crippen LogP contribution is -2.32. The van der Waals surface area contributed by atoms with Crippen LogP contribution in [-0.4, -0.2) is 40.6 Å². The first kappa shape index (κ1) is 14.7. The summed E-state index contributed by atoms with van der Waals surface area (Å²) in [5.74, 6) is -0.134. The molecule has 2 N–H and O–H groups in total. The predicted octanol–water partition coefficient (Wildman–Crippen LogP) is 1.68. The van der Waals surface area contributed by atoms with Crippen molar-refractivity contribution in [2.45, 2.75) is 13.0 Å². The Balaban J connectivity index is 1.73. The molecule has 114 valence electrons. The van der Waals surface area contributed by atoms with E-state index in [0.29, 0.717) is 12.1 Å². The van der Waals surface area contributed by atoms with Crippen LogP contribution in [0.5, 0.6) is 0 Å². The van der Waals surface area contributed by atoms with Gasteiger partial charge in [-0.05, 0) is 41.8 Å². The number of carbonyl (C=O) groups excluding carboxylic acids is 1. The molecular formula is C17H19N3O2. The summed E-state index contributed by atoms with van der Waals surface area (Å²) in [5.41, 5.74) is 3.92. The van der Waals surface area contributed by atoms with Crippen molar-refractivity contribution >= 4 is 11.6 Å². The second-order valence-corrected chi connectivity index (χ2v) is 5.42. The summed E-state index contributed by atoms with van der Waals surface area (Å²) in [6.07, 6.45) is 4.19. The highest BCUT2D eigenvalue weighted by Gasteiger charge is 2.16. The number of rotatable bonds is 4. The SMILES string of the molecule is O=C(Nc1ccc2c(c1)CN(CCO)CC2)c1ccncc1. The predicted molar refractivity (Wildman–Crippen MR) is 84.7 cm³/mol. The highest BCUT2D eigenvalue weighted by molar-refractivity contribution is 6.04. The first-order valence-electron chi connectivity index (χ1n) is 7.42. The van der Waals surface area contributed by atoms with Crippen molar-refractivity contribution in [2.24, 2.45) is 0 Å². The molecule has 1 aromatic carbocycles. The van der Waals surface area contributed by atoms with E-state index in [1.807, 2.05) is 12.1 Å². The lowest BCUT2D eigenvalue weighted by atomic mass is 9.99. The third-order valence-corrected chi connectivity index (χ3v) is 3.91. The van der Waals surface area contributed by atoms with Crippen molar-refractivity contribution in [2.75, 3.05) is 25.0 Å². The monoisotopic (exact) mass is 297 g/mol. The van der Waals surface area contributed by atoms with Crippen LogP contribution >= 0.6 is 0 Å². The first-order chi connectivity index (χ1) is 10.8. The summed E-state index contributed by atoms with van der Waals surface area (Å²) in [6, 6.07) is 9.43. The molecule has 0 aliphatic carbocycles. The normalized spacial score (nSPS) is 14.4. The number of fused-ring (bicyclic) bond motifs is 1. The van der Waals surface area contributed by atoms with Gasteiger partial charge in [-0.3, -0.25) is 14.7 Å². The number of aromatic nitrogens is 1. The average molecular weight is 297 g/mol. The van der Waals surface area contributed by atoms with Gasteiger partial charge in [0.15, 0.2) is 0 Å². The number of anilines is 1. The topological polar surface area (TPSA) is 65.5 Å². The number of pyridine rings is 1. The van der Waals surface area contributed by atoms with Crippen LogP contribution < -0.4 is 5.32 Å². The number of hydrogen-bond acceptors (Lipinski definition) is 4. The fraction of sp³-hybridized carbons (Fsp3) is 0.294. The number of carbonyl (C=O) groups is 1. The number of benzene rings is 1. The van der Waals surface area contributed by atoms with E-state index in [0.717, 1.165) is 25.2 Å². The highest BCUT2D eigenvalue weighted by atomic mass is 16.3. The Kier molecular flexibility index (Phi) is 4.46. The molecule has 1 amide bonds. The van der Waals surface area contributed by atoms with Crippen molar-refractivity contribution in [3.8, 4) is 0 Å². The molecule has 0 atom stereocenters. The molecule has 5 heteroatoms. The molecule has 2 heterocycles. The molecule has 3 rings (SSSR count). The molecule has 2 aromatic rings. The van der Waals surface area contributed by atoms with Crippen LogP contribution in [0.4, 0.5) is 5.69 Å². The summed E-state index contributed by atoms with van der Waals surface area (Å²) in [5, 5.41) is 12.0. The molecular weight excluding hydrogens is 278 g/mol. The van der Waals surface area contributed by atoms with Gasteiger partial charge >= 0.3 is 0 Å². The Bertz CT molecular complexity index is 658. The zero-order valence-corrected chi connectivity index (χ0v) is 12.3. The number of nitrogens with zero attached hydrogens (tertiary/aromatic N) is 2. The minimum Gasteiger partial charge on any atom is -0.395 e. The average Bonchev–Trinajstić information content (AvgIpc) is 2.55. The number of aliphatic hydroxyl groups excluding tert-OH is 1. The van der Waals surface area contributed by atoms with Crippen molar-refractivity contribution in [3.63, 3.8) is 0 Å². The summed E-state index contributed by atoms with van der Waals surface area (Å²) in [6.45, 7) is 2.64. The number of nitrogens with one attached hydrogen (secondary N) is 1. The third-order valence-electron chi connectivity index (χ3n) is 3.91.